The standard InChI is InChI=1S/C22H24ClN3O5/c1-12-10-14(6-8-17(12)30-4)22(3)20(28)26(21(29)25-22)13(2)19(27)24-16-11-15(23)7-9-18(16)31-5/h6-11,13H,1-5H3,(H,24,27)(H,25,29). The van der Waals surface area contributed by atoms with Crippen molar-refractivity contribution < 1.29 is 23.9 Å². The molecule has 0 bridgehead atoms. The quantitative estimate of drug-likeness (QED) is 0.664. The molecule has 2 aromatic rings. The monoisotopic (exact) mass is 445 g/mol. The topological polar surface area (TPSA) is 97.0 Å². The molecule has 0 aromatic heterocycles. The third kappa shape index (κ3) is 4.03. The normalized spacial score (nSPS) is 19.1. The average Bonchev–Trinajstić information content (AvgIpc) is 2.96. The summed E-state index contributed by atoms with van der Waals surface area (Å²) >= 11 is 6.01. The van der Waals surface area contributed by atoms with Crippen LogP contribution in [-0.4, -0.2) is 43.0 Å². The number of ether oxygens (including phenoxy) is 2. The van der Waals surface area contributed by atoms with Gasteiger partial charge in [0.15, 0.2) is 0 Å². The summed E-state index contributed by atoms with van der Waals surface area (Å²) in [5, 5.41) is 5.79. The van der Waals surface area contributed by atoms with Gasteiger partial charge in [0.25, 0.3) is 5.91 Å². The predicted molar refractivity (Wildman–Crippen MR) is 117 cm³/mol. The van der Waals surface area contributed by atoms with Gasteiger partial charge in [-0.25, -0.2) is 9.69 Å². The van der Waals surface area contributed by atoms with Crippen molar-refractivity contribution in [1.29, 1.82) is 0 Å². The van der Waals surface area contributed by atoms with Crippen molar-refractivity contribution in [3.05, 3.63) is 52.5 Å². The van der Waals surface area contributed by atoms with Gasteiger partial charge in [-0.2, -0.15) is 0 Å². The lowest BCUT2D eigenvalue weighted by Gasteiger charge is -2.25. The van der Waals surface area contributed by atoms with Crippen molar-refractivity contribution in [2.75, 3.05) is 19.5 Å². The number of amides is 4. The zero-order valence-electron chi connectivity index (χ0n) is 17.9. The second-order valence-corrected chi connectivity index (χ2v) is 7.86. The summed E-state index contributed by atoms with van der Waals surface area (Å²) in [6.45, 7) is 4.94. The maximum absolute atomic E-state index is 13.3. The van der Waals surface area contributed by atoms with E-state index in [1.54, 1.807) is 44.4 Å². The van der Waals surface area contributed by atoms with E-state index in [1.165, 1.54) is 20.1 Å². The number of imide groups is 1. The number of hydrogen-bond donors (Lipinski definition) is 2. The fraction of sp³-hybridized carbons (Fsp3) is 0.318. The van der Waals surface area contributed by atoms with Crippen LogP contribution in [0.15, 0.2) is 36.4 Å². The molecule has 2 unspecified atom stereocenters. The number of aryl methyl sites for hydroxylation is 1. The minimum Gasteiger partial charge on any atom is -0.496 e. The Morgan fingerprint density at radius 3 is 2.39 bits per heavy atom. The van der Waals surface area contributed by atoms with E-state index in [0.717, 1.165) is 10.5 Å². The van der Waals surface area contributed by atoms with E-state index in [9.17, 15) is 14.4 Å². The van der Waals surface area contributed by atoms with Crippen molar-refractivity contribution in [2.45, 2.75) is 32.4 Å². The molecule has 1 heterocycles. The summed E-state index contributed by atoms with van der Waals surface area (Å²) in [5.41, 5.74) is 0.444. The Bertz CT molecular complexity index is 1060. The van der Waals surface area contributed by atoms with E-state index in [0.29, 0.717) is 27.8 Å². The van der Waals surface area contributed by atoms with Crippen LogP contribution in [0.3, 0.4) is 0 Å². The van der Waals surface area contributed by atoms with Crippen LogP contribution in [-0.2, 0) is 15.1 Å². The van der Waals surface area contributed by atoms with Gasteiger partial charge in [0.05, 0.1) is 19.9 Å². The number of halogens is 1. The molecule has 0 radical (unpaired) electrons. The summed E-state index contributed by atoms with van der Waals surface area (Å²) in [6, 6.07) is 8.27. The highest BCUT2D eigenvalue weighted by molar-refractivity contribution is 6.31. The summed E-state index contributed by atoms with van der Waals surface area (Å²) in [7, 11) is 3.02. The van der Waals surface area contributed by atoms with Crippen LogP contribution in [0.25, 0.3) is 0 Å². The predicted octanol–water partition coefficient (Wildman–Crippen LogP) is 3.46. The molecule has 0 aliphatic carbocycles. The van der Waals surface area contributed by atoms with E-state index < -0.39 is 29.4 Å². The molecule has 9 heteroatoms. The van der Waals surface area contributed by atoms with Crippen LogP contribution in [0, 0.1) is 6.92 Å². The van der Waals surface area contributed by atoms with Crippen LogP contribution >= 0.6 is 11.6 Å². The van der Waals surface area contributed by atoms with Crippen LogP contribution in [0.4, 0.5) is 10.5 Å². The number of anilines is 1. The number of methoxy groups -OCH3 is 2. The second kappa shape index (κ2) is 8.47. The molecule has 0 spiro atoms. The zero-order valence-corrected chi connectivity index (χ0v) is 18.7. The van der Waals surface area contributed by atoms with Gasteiger partial charge in [-0.3, -0.25) is 9.59 Å². The number of benzene rings is 2. The fourth-order valence-corrected chi connectivity index (χ4v) is 3.70. The summed E-state index contributed by atoms with van der Waals surface area (Å²) in [4.78, 5) is 39.7. The largest absolute Gasteiger partial charge is 0.496 e. The molecule has 2 N–H and O–H groups in total. The Balaban J connectivity index is 1.85. The Kier molecular flexibility index (Phi) is 6.13. The lowest BCUT2D eigenvalue weighted by molar-refractivity contribution is -0.136. The first kappa shape index (κ1) is 22.4. The molecule has 0 saturated carbocycles. The summed E-state index contributed by atoms with van der Waals surface area (Å²) in [5.74, 6) is -0.00751. The third-order valence-electron chi connectivity index (χ3n) is 5.38. The van der Waals surface area contributed by atoms with Crippen molar-refractivity contribution in [3.8, 4) is 11.5 Å². The highest BCUT2D eigenvalue weighted by Crippen LogP contribution is 2.33. The molecular weight excluding hydrogens is 422 g/mol. The SMILES string of the molecule is COc1ccc(C2(C)NC(=O)N(C(C)C(=O)Nc3cc(Cl)ccc3OC)C2=O)cc1C. The summed E-state index contributed by atoms with van der Waals surface area (Å²) in [6.07, 6.45) is 0. The zero-order chi connectivity index (χ0) is 22.9. The Morgan fingerprint density at radius 2 is 1.77 bits per heavy atom. The third-order valence-corrected chi connectivity index (χ3v) is 5.62. The molecule has 3 rings (SSSR count). The van der Waals surface area contributed by atoms with E-state index in [2.05, 4.69) is 10.6 Å². The fourth-order valence-electron chi connectivity index (χ4n) is 3.53. The Hall–Kier alpha value is -3.26. The Labute approximate surface area is 185 Å². The summed E-state index contributed by atoms with van der Waals surface area (Å²) < 4.78 is 10.5. The lowest BCUT2D eigenvalue weighted by atomic mass is 9.90. The molecule has 1 aliphatic rings. The maximum atomic E-state index is 13.3. The number of carbonyl (C=O) groups excluding carboxylic acids is 3. The van der Waals surface area contributed by atoms with Crippen LogP contribution in [0.2, 0.25) is 5.02 Å². The molecule has 8 nitrogen and oxygen atoms in total. The van der Waals surface area contributed by atoms with Gasteiger partial charge in [0, 0.05) is 5.02 Å². The van der Waals surface area contributed by atoms with Crippen LogP contribution < -0.4 is 20.1 Å². The molecule has 4 amide bonds. The molecule has 1 aliphatic heterocycles. The van der Waals surface area contributed by atoms with Crippen molar-refractivity contribution in [1.82, 2.24) is 10.2 Å². The minimum absolute atomic E-state index is 0.340. The van der Waals surface area contributed by atoms with Gasteiger partial charge in [0.2, 0.25) is 5.91 Å². The first-order chi connectivity index (χ1) is 14.6. The van der Waals surface area contributed by atoms with Crippen molar-refractivity contribution in [2.24, 2.45) is 0 Å². The van der Waals surface area contributed by atoms with Gasteiger partial charge in [-0.05, 0) is 62.2 Å². The first-order valence-electron chi connectivity index (χ1n) is 9.57. The first-order valence-corrected chi connectivity index (χ1v) is 9.95. The van der Waals surface area contributed by atoms with Gasteiger partial charge in [0.1, 0.15) is 23.1 Å². The Morgan fingerprint density at radius 1 is 1.13 bits per heavy atom. The number of urea groups is 1. The molecular formula is C22H24ClN3O5. The lowest BCUT2D eigenvalue weighted by Crippen LogP contribution is -2.47. The van der Waals surface area contributed by atoms with Gasteiger partial charge in [-0.1, -0.05) is 17.7 Å². The maximum Gasteiger partial charge on any atom is 0.326 e. The van der Waals surface area contributed by atoms with E-state index in [4.69, 9.17) is 21.1 Å². The van der Waals surface area contributed by atoms with Gasteiger partial charge >= 0.3 is 6.03 Å². The van der Waals surface area contributed by atoms with Crippen LogP contribution in [0.5, 0.6) is 11.5 Å². The minimum atomic E-state index is -1.31. The molecule has 31 heavy (non-hydrogen) atoms. The highest BCUT2D eigenvalue weighted by Gasteiger charge is 2.51. The highest BCUT2D eigenvalue weighted by atomic mass is 35.5. The van der Waals surface area contributed by atoms with Gasteiger partial charge in [-0.15, -0.1) is 0 Å². The smallest absolute Gasteiger partial charge is 0.326 e. The number of rotatable bonds is 6. The number of carbonyl (C=O) groups is 3. The number of nitrogens with one attached hydrogen (secondary N) is 2. The van der Waals surface area contributed by atoms with Crippen molar-refractivity contribution >= 4 is 35.1 Å². The van der Waals surface area contributed by atoms with E-state index >= 15 is 0 Å². The number of hydrogen-bond acceptors (Lipinski definition) is 5. The molecule has 164 valence electrons. The van der Waals surface area contributed by atoms with Gasteiger partial charge < -0.3 is 20.1 Å². The molecule has 2 aromatic carbocycles. The molecule has 2 atom stereocenters. The van der Waals surface area contributed by atoms with E-state index in [-0.39, 0.29) is 0 Å². The van der Waals surface area contributed by atoms with Crippen molar-refractivity contribution in [3.63, 3.8) is 0 Å². The van der Waals surface area contributed by atoms with Crippen LogP contribution in [0.1, 0.15) is 25.0 Å². The second-order valence-electron chi connectivity index (χ2n) is 7.42. The number of nitrogens with zero attached hydrogens (tertiary/aromatic N) is 1. The molecule has 1 saturated heterocycles. The average molecular weight is 446 g/mol. The molecule has 1 fully saturated rings. The van der Waals surface area contributed by atoms with E-state index in [1.807, 2.05) is 6.92 Å².